The highest BCUT2D eigenvalue weighted by Crippen LogP contribution is 2.20. The lowest BCUT2D eigenvalue weighted by atomic mass is 10.1. The van der Waals surface area contributed by atoms with Crippen molar-refractivity contribution in [3.8, 4) is 5.75 Å². The zero-order chi connectivity index (χ0) is 16.8. The summed E-state index contributed by atoms with van der Waals surface area (Å²) in [6.45, 7) is 6.24. The summed E-state index contributed by atoms with van der Waals surface area (Å²) in [7, 11) is 0. The number of piperazine rings is 1. The molecular weight excluding hydrogens is 316 g/mol. The van der Waals surface area contributed by atoms with E-state index in [-0.39, 0.29) is 18.4 Å². The number of aryl methyl sites for hydroxylation is 1. The molecule has 2 rings (SSSR count). The van der Waals surface area contributed by atoms with Crippen LogP contribution in [0, 0.1) is 13.8 Å². The molecule has 1 fully saturated rings. The number of amides is 2. The molecule has 23 heavy (non-hydrogen) atoms. The molecule has 2 amide bonds. The fraction of sp³-hybridized carbons (Fsp3) is 0.529. The molecule has 6 heteroatoms. The average Bonchev–Trinajstić information content (AvgIpc) is 2.56. The number of nitrogens with zero attached hydrogens (tertiary/aromatic N) is 2. The van der Waals surface area contributed by atoms with Crippen LogP contribution in [0.4, 0.5) is 0 Å². The van der Waals surface area contributed by atoms with Crippen LogP contribution in [-0.4, -0.2) is 60.3 Å². The van der Waals surface area contributed by atoms with E-state index in [0.717, 1.165) is 16.9 Å². The Bertz CT molecular complexity index is 569. The smallest absolute Gasteiger partial charge is 0.260 e. The van der Waals surface area contributed by atoms with Crippen LogP contribution in [0.25, 0.3) is 0 Å². The van der Waals surface area contributed by atoms with Gasteiger partial charge in [-0.05, 0) is 31.0 Å². The van der Waals surface area contributed by atoms with Crippen molar-refractivity contribution >= 4 is 23.4 Å². The average molecular weight is 339 g/mol. The Balaban J connectivity index is 1.81. The van der Waals surface area contributed by atoms with Gasteiger partial charge in [0.05, 0.1) is 0 Å². The molecule has 0 radical (unpaired) electrons. The van der Waals surface area contributed by atoms with E-state index in [9.17, 15) is 9.59 Å². The predicted octanol–water partition coefficient (Wildman–Crippen LogP) is 1.98. The fourth-order valence-electron chi connectivity index (χ4n) is 2.56. The van der Waals surface area contributed by atoms with E-state index < -0.39 is 0 Å². The molecule has 5 nitrogen and oxygen atoms in total. The summed E-state index contributed by atoms with van der Waals surface area (Å²) in [4.78, 5) is 27.5. The largest absolute Gasteiger partial charge is 0.483 e. The van der Waals surface area contributed by atoms with Gasteiger partial charge in [-0.2, -0.15) is 0 Å². The number of carbonyl (C=O) groups is 2. The second kappa shape index (κ2) is 8.20. The van der Waals surface area contributed by atoms with Crippen molar-refractivity contribution in [1.82, 2.24) is 9.80 Å². The van der Waals surface area contributed by atoms with E-state index in [2.05, 4.69) is 0 Å². The molecule has 0 N–H and O–H groups in total. The van der Waals surface area contributed by atoms with Crippen LogP contribution in [0.1, 0.15) is 17.5 Å². The first-order valence-electron chi connectivity index (χ1n) is 7.83. The number of hydrogen-bond donors (Lipinski definition) is 0. The maximum Gasteiger partial charge on any atom is 0.260 e. The van der Waals surface area contributed by atoms with Crippen molar-refractivity contribution < 1.29 is 14.3 Å². The first kappa shape index (κ1) is 17.6. The normalized spacial score (nSPS) is 14.7. The summed E-state index contributed by atoms with van der Waals surface area (Å²) in [6.07, 6.45) is 0.352. The van der Waals surface area contributed by atoms with Gasteiger partial charge in [-0.25, -0.2) is 0 Å². The Kier molecular flexibility index (Phi) is 6.28. The van der Waals surface area contributed by atoms with Gasteiger partial charge in [-0.15, -0.1) is 11.6 Å². The molecule has 0 unspecified atom stereocenters. The van der Waals surface area contributed by atoms with E-state index in [1.54, 1.807) is 9.80 Å². The lowest BCUT2D eigenvalue weighted by Gasteiger charge is -2.34. The molecule has 1 aliphatic rings. The zero-order valence-corrected chi connectivity index (χ0v) is 14.4. The molecule has 1 heterocycles. The molecule has 1 aromatic rings. The number of rotatable bonds is 5. The van der Waals surface area contributed by atoms with Gasteiger partial charge in [0, 0.05) is 38.5 Å². The van der Waals surface area contributed by atoms with E-state index in [1.165, 1.54) is 0 Å². The van der Waals surface area contributed by atoms with Crippen LogP contribution in [0.15, 0.2) is 18.2 Å². The molecule has 0 aliphatic carbocycles. The summed E-state index contributed by atoms with van der Waals surface area (Å²) >= 11 is 5.59. The number of hydrogen-bond acceptors (Lipinski definition) is 3. The number of halogens is 1. The van der Waals surface area contributed by atoms with E-state index >= 15 is 0 Å². The second-order valence-corrected chi connectivity index (χ2v) is 6.07. The summed E-state index contributed by atoms with van der Waals surface area (Å²) in [6, 6.07) is 5.81. The highest BCUT2D eigenvalue weighted by atomic mass is 35.5. The molecule has 0 aromatic heterocycles. The third-order valence-electron chi connectivity index (χ3n) is 4.20. The Morgan fingerprint density at radius 1 is 1.09 bits per heavy atom. The number of carbonyl (C=O) groups excluding carboxylic acids is 2. The Morgan fingerprint density at radius 2 is 1.70 bits per heavy atom. The maximum atomic E-state index is 12.2. The Morgan fingerprint density at radius 3 is 2.30 bits per heavy atom. The van der Waals surface area contributed by atoms with Gasteiger partial charge in [0.25, 0.3) is 5.91 Å². The molecule has 1 aliphatic heterocycles. The lowest BCUT2D eigenvalue weighted by molar-refractivity contribution is -0.140. The first-order valence-corrected chi connectivity index (χ1v) is 8.37. The van der Waals surface area contributed by atoms with Crippen LogP contribution in [0.5, 0.6) is 5.75 Å². The van der Waals surface area contributed by atoms with E-state index in [4.69, 9.17) is 16.3 Å². The number of alkyl halides is 1. The van der Waals surface area contributed by atoms with E-state index in [1.807, 2.05) is 32.0 Å². The fourth-order valence-corrected chi connectivity index (χ4v) is 2.72. The maximum absolute atomic E-state index is 12.2. The predicted molar refractivity (Wildman–Crippen MR) is 89.9 cm³/mol. The number of ether oxygens (including phenoxy) is 1. The monoisotopic (exact) mass is 338 g/mol. The lowest BCUT2D eigenvalue weighted by Crippen LogP contribution is -2.51. The van der Waals surface area contributed by atoms with Crippen LogP contribution >= 0.6 is 11.6 Å². The zero-order valence-electron chi connectivity index (χ0n) is 13.7. The van der Waals surface area contributed by atoms with E-state index in [0.29, 0.717) is 38.5 Å². The van der Waals surface area contributed by atoms with Crippen molar-refractivity contribution in [2.45, 2.75) is 20.3 Å². The minimum absolute atomic E-state index is 0.0277. The molecule has 126 valence electrons. The summed E-state index contributed by atoms with van der Waals surface area (Å²) in [5.41, 5.74) is 2.19. The standard InChI is InChI=1S/C17H23ClN2O3/c1-13-4-3-5-15(14(13)2)23-12-17(22)20-10-8-19(9-11-20)16(21)6-7-18/h3-5H,6-12H2,1-2H3. The molecule has 1 saturated heterocycles. The first-order chi connectivity index (χ1) is 11.0. The van der Waals surface area contributed by atoms with Crippen LogP contribution in [0.3, 0.4) is 0 Å². The molecule has 0 spiro atoms. The van der Waals surface area contributed by atoms with Gasteiger partial charge in [0.1, 0.15) is 5.75 Å². The van der Waals surface area contributed by atoms with Gasteiger partial charge in [0.2, 0.25) is 5.91 Å². The third kappa shape index (κ3) is 4.61. The van der Waals surface area contributed by atoms with Gasteiger partial charge in [-0.1, -0.05) is 12.1 Å². The van der Waals surface area contributed by atoms with Crippen LogP contribution < -0.4 is 4.74 Å². The topological polar surface area (TPSA) is 49.9 Å². The Labute approximate surface area is 142 Å². The van der Waals surface area contributed by atoms with Crippen molar-refractivity contribution in [3.05, 3.63) is 29.3 Å². The third-order valence-corrected chi connectivity index (χ3v) is 4.39. The van der Waals surface area contributed by atoms with Crippen molar-refractivity contribution in [2.24, 2.45) is 0 Å². The van der Waals surface area contributed by atoms with Gasteiger partial charge >= 0.3 is 0 Å². The van der Waals surface area contributed by atoms with Crippen molar-refractivity contribution in [2.75, 3.05) is 38.7 Å². The molecular formula is C17H23ClN2O3. The minimum Gasteiger partial charge on any atom is -0.483 e. The quantitative estimate of drug-likeness (QED) is 0.771. The molecule has 0 bridgehead atoms. The van der Waals surface area contributed by atoms with Crippen LogP contribution in [-0.2, 0) is 9.59 Å². The molecule has 0 saturated carbocycles. The van der Waals surface area contributed by atoms with Gasteiger partial charge < -0.3 is 14.5 Å². The van der Waals surface area contributed by atoms with Gasteiger partial charge in [-0.3, -0.25) is 9.59 Å². The SMILES string of the molecule is Cc1cccc(OCC(=O)N2CCN(C(=O)CCCl)CC2)c1C. The molecule has 1 aromatic carbocycles. The summed E-state index contributed by atoms with van der Waals surface area (Å²) in [5, 5.41) is 0. The van der Waals surface area contributed by atoms with Crippen molar-refractivity contribution in [1.29, 1.82) is 0 Å². The van der Waals surface area contributed by atoms with Crippen LogP contribution in [0.2, 0.25) is 0 Å². The summed E-state index contributed by atoms with van der Waals surface area (Å²) < 4.78 is 5.66. The number of benzene rings is 1. The second-order valence-electron chi connectivity index (χ2n) is 5.69. The summed E-state index contributed by atoms with van der Waals surface area (Å²) in [5.74, 6) is 1.09. The Hall–Kier alpha value is -1.75. The minimum atomic E-state index is -0.0460. The highest BCUT2D eigenvalue weighted by molar-refractivity contribution is 6.18. The van der Waals surface area contributed by atoms with Crippen molar-refractivity contribution in [3.63, 3.8) is 0 Å². The highest BCUT2D eigenvalue weighted by Gasteiger charge is 2.24. The van der Waals surface area contributed by atoms with Gasteiger partial charge in [0.15, 0.2) is 6.61 Å². The molecule has 0 atom stereocenters.